The Morgan fingerprint density at radius 2 is 2.12 bits per heavy atom. The highest BCUT2D eigenvalue weighted by atomic mass is 19.1. The molecule has 1 unspecified atom stereocenters. The van der Waals surface area contributed by atoms with Crippen molar-refractivity contribution >= 4 is 5.91 Å². The summed E-state index contributed by atoms with van der Waals surface area (Å²) in [7, 11) is 1.50. The molecule has 17 heavy (non-hydrogen) atoms. The highest BCUT2D eigenvalue weighted by Gasteiger charge is 2.17. The van der Waals surface area contributed by atoms with Crippen LogP contribution in [0.15, 0.2) is 18.2 Å². The summed E-state index contributed by atoms with van der Waals surface area (Å²) in [5.41, 5.74) is 0.320. The van der Waals surface area contributed by atoms with E-state index in [1.54, 1.807) is 6.92 Å². The SMILES string of the molecule is CNC(=O)C(C)Oc1ccc(F)cc1[C@@H](C)O. The summed E-state index contributed by atoms with van der Waals surface area (Å²) in [4.78, 5) is 11.3. The summed E-state index contributed by atoms with van der Waals surface area (Å²) in [6.45, 7) is 3.08. The van der Waals surface area contributed by atoms with Gasteiger partial charge in [-0.05, 0) is 32.0 Å². The fourth-order valence-electron chi connectivity index (χ4n) is 1.40. The minimum atomic E-state index is -0.863. The zero-order valence-electron chi connectivity index (χ0n) is 10.0. The summed E-state index contributed by atoms with van der Waals surface area (Å²) in [5, 5.41) is 11.9. The first kappa shape index (κ1) is 13.4. The molecule has 0 aliphatic heterocycles. The lowest BCUT2D eigenvalue weighted by molar-refractivity contribution is -0.126. The quantitative estimate of drug-likeness (QED) is 0.837. The fraction of sp³-hybridized carbons (Fsp3) is 0.417. The molecule has 5 heteroatoms. The molecule has 1 aromatic rings. The minimum absolute atomic E-state index is 0.286. The van der Waals surface area contributed by atoms with Crippen LogP contribution in [0.1, 0.15) is 25.5 Å². The Balaban J connectivity index is 2.94. The first-order chi connectivity index (χ1) is 7.95. The van der Waals surface area contributed by atoms with E-state index in [0.29, 0.717) is 11.3 Å². The molecule has 0 aliphatic carbocycles. The predicted molar refractivity (Wildman–Crippen MR) is 61.2 cm³/mol. The zero-order valence-corrected chi connectivity index (χ0v) is 10.0. The molecule has 4 nitrogen and oxygen atoms in total. The number of nitrogens with one attached hydrogen (secondary N) is 1. The van der Waals surface area contributed by atoms with E-state index in [2.05, 4.69) is 5.32 Å². The third-order valence-corrected chi connectivity index (χ3v) is 2.34. The molecule has 0 aromatic heterocycles. The Kier molecular flexibility index (Phi) is 4.45. The lowest BCUT2D eigenvalue weighted by Crippen LogP contribution is -2.34. The van der Waals surface area contributed by atoms with Crippen LogP contribution < -0.4 is 10.1 Å². The maximum atomic E-state index is 13.0. The minimum Gasteiger partial charge on any atom is -0.481 e. The summed E-state index contributed by atoms with van der Waals surface area (Å²) in [6.07, 6.45) is -1.57. The molecule has 0 heterocycles. The van der Waals surface area contributed by atoms with Crippen LogP contribution in [0, 0.1) is 5.82 Å². The molecule has 0 radical (unpaired) electrons. The molecule has 0 fully saturated rings. The molecule has 2 atom stereocenters. The summed E-state index contributed by atoms with van der Waals surface area (Å²) < 4.78 is 18.4. The topological polar surface area (TPSA) is 58.6 Å². The summed E-state index contributed by atoms with van der Waals surface area (Å²) >= 11 is 0. The molecule has 0 saturated heterocycles. The number of ether oxygens (including phenoxy) is 1. The van der Waals surface area contributed by atoms with Crippen molar-refractivity contribution in [2.75, 3.05) is 7.05 Å². The molecule has 1 amide bonds. The Labute approximate surface area is 99.4 Å². The van der Waals surface area contributed by atoms with E-state index >= 15 is 0 Å². The normalized spacial score (nSPS) is 13.9. The first-order valence-corrected chi connectivity index (χ1v) is 5.31. The zero-order chi connectivity index (χ0) is 13.0. The molecule has 0 saturated carbocycles. The number of carbonyl (C=O) groups excluding carboxylic acids is 1. The van der Waals surface area contributed by atoms with Crippen LogP contribution in [0.5, 0.6) is 5.75 Å². The average Bonchev–Trinajstić information content (AvgIpc) is 2.29. The van der Waals surface area contributed by atoms with Gasteiger partial charge in [0.05, 0.1) is 6.10 Å². The Morgan fingerprint density at radius 1 is 1.47 bits per heavy atom. The number of aliphatic hydroxyl groups excluding tert-OH is 1. The van der Waals surface area contributed by atoms with Crippen molar-refractivity contribution in [1.82, 2.24) is 5.32 Å². The van der Waals surface area contributed by atoms with E-state index in [4.69, 9.17) is 4.74 Å². The van der Waals surface area contributed by atoms with Gasteiger partial charge in [-0.25, -0.2) is 4.39 Å². The fourth-order valence-corrected chi connectivity index (χ4v) is 1.40. The highest BCUT2D eigenvalue weighted by molar-refractivity contribution is 5.80. The van der Waals surface area contributed by atoms with Crippen molar-refractivity contribution in [2.45, 2.75) is 26.1 Å². The van der Waals surface area contributed by atoms with Gasteiger partial charge in [0.15, 0.2) is 6.10 Å². The van der Waals surface area contributed by atoms with Crippen molar-refractivity contribution in [3.63, 3.8) is 0 Å². The van der Waals surface area contributed by atoms with E-state index in [9.17, 15) is 14.3 Å². The van der Waals surface area contributed by atoms with Crippen LogP contribution in [0.3, 0.4) is 0 Å². The van der Waals surface area contributed by atoms with Crippen LogP contribution in [-0.4, -0.2) is 24.2 Å². The Bertz CT molecular complexity index is 407. The number of likely N-dealkylation sites (N-methyl/N-ethyl adjacent to an activating group) is 1. The smallest absolute Gasteiger partial charge is 0.260 e. The van der Waals surface area contributed by atoms with Crippen LogP contribution in [0.4, 0.5) is 4.39 Å². The summed E-state index contributed by atoms with van der Waals surface area (Å²) in [6, 6.07) is 3.81. The van der Waals surface area contributed by atoms with Crippen molar-refractivity contribution in [3.05, 3.63) is 29.6 Å². The van der Waals surface area contributed by atoms with E-state index in [-0.39, 0.29) is 5.91 Å². The second kappa shape index (κ2) is 5.63. The van der Waals surface area contributed by atoms with E-state index < -0.39 is 18.0 Å². The van der Waals surface area contributed by atoms with E-state index in [1.165, 1.54) is 32.2 Å². The highest BCUT2D eigenvalue weighted by Crippen LogP contribution is 2.26. The first-order valence-electron chi connectivity index (χ1n) is 5.31. The van der Waals surface area contributed by atoms with Gasteiger partial charge in [0.2, 0.25) is 0 Å². The molecular weight excluding hydrogens is 225 g/mol. The number of amides is 1. The molecule has 0 aliphatic rings. The number of halogens is 1. The number of aliphatic hydroxyl groups is 1. The van der Waals surface area contributed by atoms with Gasteiger partial charge in [0, 0.05) is 12.6 Å². The predicted octanol–water partition coefficient (Wildman–Crippen LogP) is 1.39. The van der Waals surface area contributed by atoms with Gasteiger partial charge in [-0.3, -0.25) is 4.79 Å². The van der Waals surface area contributed by atoms with Crippen molar-refractivity contribution < 1.29 is 19.0 Å². The number of hydrogen-bond acceptors (Lipinski definition) is 3. The van der Waals surface area contributed by atoms with Crippen molar-refractivity contribution in [3.8, 4) is 5.75 Å². The lowest BCUT2D eigenvalue weighted by atomic mass is 10.1. The van der Waals surface area contributed by atoms with Crippen LogP contribution in [0.25, 0.3) is 0 Å². The van der Waals surface area contributed by atoms with Crippen molar-refractivity contribution in [2.24, 2.45) is 0 Å². The van der Waals surface area contributed by atoms with Gasteiger partial charge in [-0.2, -0.15) is 0 Å². The molecule has 2 N–H and O–H groups in total. The van der Waals surface area contributed by atoms with E-state index in [0.717, 1.165) is 0 Å². The van der Waals surface area contributed by atoms with Gasteiger partial charge in [-0.1, -0.05) is 0 Å². The number of rotatable bonds is 4. The molecule has 1 rings (SSSR count). The second-order valence-electron chi connectivity index (χ2n) is 3.73. The maximum Gasteiger partial charge on any atom is 0.260 e. The third-order valence-electron chi connectivity index (χ3n) is 2.34. The van der Waals surface area contributed by atoms with Crippen LogP contribution in [0.2, 0.25) is 0 Å². The Morgan fingerprint density at radius 3 is 2.65 bits per heavy atom. The van der Waals surface area contributed by atoms with Crippen LogP contribution in [-0.2, 0) is 4.79 Å². The maximum absolute atomic E-state index is 13.0. The summed E-state index contributed by atoms with van der Waals surface area (Å²) in [5.74, 6) is -0.441. The molecule has 0 spiro atoms. The average molecular weight is 241 g/mol. The molecule has 1 aromatic carbocycles. The molecular formula is C12H16FNO3. The molecule has 94 valence electrons. The van der Waals surface area contributed by atoms with E-state index in [1.807, 2.05) is 0 Å². The number of benzene rings is 1. The third kappa shape index (κ3) is 3.42. The Hall–Kier alpha value is -1.62. The monoisotopic (exact) mass is 241 g/mol. The van der Waals surface area contributed by atoms with Gasteiger partial charge >= 0.3 is 0 Å². The van der Waals surface area contributed by atoms with Gasteiger partial charge in [-0.15, -0.1) is 0 Å². The molecule has 0 bridgehead atoms. The second-order valence-corrected chi connectivity index (χ2v) is 3.73. The van der Waals surface area contributed by atoms with Crippen LogP contribution >= 0.6 is 0 Å². The van der Waals surface area contributed by atoms with Crippen molar-refractivity contribution in [1.29, 1.82) is 0 Å². The van der Waals surface area contributed by atoms with Gasteiger partial charge < -0.3 is 15.2 Å². The lowest BCUT2D eigenvalue weighted by Gasteiger charge is -2.17. The van der Waals surface area contributed by atoms with Gasteiger partial charge in [0.25, 0.3) is 5.91 Å². The standard InChI is InChI=1S/C12H16FNO3/c1-7(15)10-6-9(13)4-5-11(10)17-8(2)12(16)14-3/h4-8,15H,1-3H3,(H,14,16)/t7-,8?/m1/s1. The largest absolute Gasteiger partial charge is 0.481 e. The number of carbonyl (C=O) groups is 1. The van der Waals surface area contributed by atoms with Gasteiger partial charge in [0.1, 0.15) is 11.6 Å². The number of hydrogen-bond donors (Lipinski definition) is 2.